The molecule has 54 valence electrons. The highest BCUT2D eigenvalue weighted by atomic mass is 15.3. The average molecular weight is 128 g/mol. The van der Waals surface area contributed by atoms with Crippen molar-refractivity contribution in [3.05, 3.63) is 0 Å². The summed E-state index contributed by atoms with van der Waals surface area (Å²) >= 11 is 0. The summed E-state index contributed by atoms with van der Waals surface area (Å²) in [6.45, 7) is 4.83. The molecule has 0 bridgehead atoms. The lowest BCUT2D eigenvalue weighted by Crippen LogP contribution is -2.49. The molecule has 0 aliphatic carbocycles. The maximum absolute atomic E-state index is 2.47. The minimum absolute atomic E-state index is 0.638. The summed E-state index contributed by atoms with van der Waals surface area (Å²) < 4.78 is 0. The van der Waals surface area contributed by atoms with E-state index in [1.807, 2.05) is 0 Å². The van der Waals surface area contributed by atoms with Gasteiger partial charge in [0, 0.05) is 13.1 Å². The van der Waals surface area contributed by atoms with Gasteiger partial charge in [0.2, 0.25) is 0 Å². The van der Waals surface area contributed by atoms with Crippen LogP contribution < -0.4 is 0 Å². The zero-order chi connectivity index (χ0) is 6.85. The van der Waals surface area contributed by atoms with Crippen LogP contribution in [0.2, 0.25) is 0 Å². The molecule has 2 nitrogen and oxygen atoms in total. The van der Waals surface area contributed by atoms with Crippen LogP contribution in [-0.4, -0.2) is 43.2 Å². The Morgan fingerprint density at radius 1 is 1.33 bits per heavy atom. The molecule has 1 heterocycles. The number of rotatable bonds is 2. The van der Waals surface area contributed by atoms with Crippen LogP contribution >= 0.6 is 0 Å². The highest BCUT2D eigenvalue weighted by molar-refractivity contribution is 4.72. The number of hydrogen-bond acceptors (Lipinski definition) is 2. The molecule has 1 aliphatic rings. The van der Waals surface area contributed by atoms with Crippen LogP contribution in [0.1, 0.15) is 13.3 Å². The van der Waals surface area contributed by atoms with E-state index in [1.165, 1.54) is 19.5 Å². The summed E-state index contributed by atoms with van der Waals surface area (Å²) in [5, 5.41) is 0. The molecule has 1 rings (SSSR count). The Morgan fingerprint density at radius 2 is 1.89 bits per heavy atom. The first-order valence-corrected chi connectivity index (χ1v) is 3.62. The minimum Gasteiger partial charge on any atom is -0.294 e. The monoisotopic (exact) mass is 128 g/mol. The zero-order valence-electron chi connectivity index (χ0n) is 6.59. The molecule has 1 atom stereocenters. The minimum atomic E-state index is 0.638. The molecule has 9 heavy (non-hydrogen) atoms. The first kappa shape index (κ1) is 7.03. The lowest BCUT2D eigenvalue weighted by Gasteiger charge is -2.39. The van der Waals surface area contributed by atoms with Crippen molar-refractivity contribution in [2.24, 2.45) is 0 Å². The van der Waals surface area contributed by atoms with E-state index in [0.29, 0.717) is 6.17 Å². The fourth-order valence-electron chi connectivity index (χ4n) is 1.04. The van der Waals surface area contributed by atoms with Crippen molar-refractivity contribution >= 4 is 0 Å². The Balaban J connectivity index is 2.23. The van der Waals surface area contributed by atoms with Gasteiger partial charge in [-0.05, 0) is 27.4 Å². The Kier molecular flexibility index (Phi) is 2.09. The molecule has 0 aromatic carbocycles. The first-order valence-electron chi connectivity index (χ1n) is 3.62. The van der Waals surface area contributed by atoms with Crippen molar-refractivity contribution in [1.29, 1.82) is 0 Å². The lowest BCUT2D eigenvalue weighted by molar-refractivity contribution is 0.0420. The molecule has 1 unspecified atom stereocenters. The molecule has 1 saturated heterocycles. The molecule has 2 heteroatoms. The standard InChI is InChI=1S/C7H16N2/c1-7(8(2)3)9-5-4-6-9/h7H,4-6H2,1-3H3. The summed E-state index contributed by atoms with van der Waals surface area (Å²) in [6, 6.07) is 0. The molecule has 0 N–H and O–H groups in total. The molecule has 0 aromatic heterocycles. The third-order valence-electron chi connectivity index (χ3n) is 2.17. The van der Waals surface area contributed by atoms with Crippen LogP contribution in [0.3, 0.4) is 0 Å². The van der Waals surface area contributed by atoms with Gasteiger partial charge < -0.3 is 0 Å². The van der Waals surface area contributed by atoms with Gasteiger partial charge in [0.25, 0.3) is 0 Å². The van der Waals surface area contributed by atoms with Gasteiger partial charge in [-0.2, -0.15) is 0 Å². The largest absolute Gasteiger partial charge is 0.294 e. The Labute approximate surface area is 57.4 Å². The highest BCUT2D eigenvalue weighted by Gasteiger charge is 2.20. The Bertz CT molecular complexity index is 86.9. The molecule has 0 spiro atoms. The predicted molar refractivity (Wildman–Crippen MR) is 39.3 cm³/mol. The summed E-state index contributed by atoms with van der Waals surface area (Å²) in [4.78, 5) is 4.72. The first-order chi connectivity index (χ1) is 4.22. The number of nitrogens with zero attached hydrogens (tertiary/aromatic N) is 2. The van der Waals surface area contributed by atoms with Crippen molar-refractivity contribution in [3.63, 3.8) is 0 Å². The van der Waals surface area contributed by atoms with E-state index in [4.69, 9.17) is 0 Å². The Morgan fingerprint density at radius 3 is 2.00 bits per heavy atom. The third-order valence-corrected chi connectivity index (χ3v) is 2.17. The fraction of sp³-hybridized carbons (Fsp3) is 1.00. The SMILES string of the molecule is CC(N(C)C)N1CCC1. The molecular weight excluding hydrogens is 112 g/mol. The number of hydrogen-bond donors (Lipinski definition) is 0. The van der Waals surface area contributed by atoms with E-state index in [2.05, 4.69) is 30.8 Å². The van der Waals surface area contributed by atoms with Gasteiger partial charge in [-0.1, -0.05) is 0 Å². The molecule has 0 saturated carbocycles. The normalized spacial score (nSPS) is 24.0. The van der Waals surface area contributed by atoms with Gasteiger partial charge >= 0.3 is 0 Å². The smallest absolute Gasteiger partial charge is 0.0588 e. The van der Waals surface area contributed by atoms with Gasteiger partial charge in [0.05, 0.1) is 6.17 Å². The highest BCUT2D eigenvalue weighted by Crippen LogP contribution is 2.11. The summed E-state index contributed by atoms with van der Waals surface area (Å²) in [5.74, 6) is 0. The zero-order valence-corrected chi connectivity index (χ0v) is 6.59. The fourth-order valence-corrected chi connectivity index (χ4v) is 1.04. The second-order valence-electron chi connectivity index (χ2n) is 2.99. The van der Waals surface area contributed by atoms with Crippen LogP contribution in [0.15, 0.2) is 0 Å². The molecule has 1 fully saturated rings. The van der Waals surface area contributed by atoms with Crippen LogP contribution in [0.25, 0.3) is 0 Å². The van der Waals surface area contributed by atoms with Crippen LogP contribution in [-0.2, 0) is 0 Å². The van der Waals surface area contributed by atoms with E-state index in [9.17, 15) is 0 Å². The summed E-state index contributed by atoms with van der Waals surface area (Å²) in [6.07, 6.45) is 2.02. The van der Waals surface area contributed by atoms with Gasteiger partial charge in [0.15, 0.2) is 0 Å². The topological polar surface area (TPSA) is 6.48 Å². The molecule has 1 aliphatic heterocycles. The van der Waals surface area contributed by atoms with Crippen molar-refractivity contribution in [2.75, 3.05) is 27.2 Å². The van der Waals surface area contributed by atoms with Crippen LogP contribution in [0.4, 0.5) is 0 Å². The van der Waals surface area contributed by atoms with Crippen molar-refractivity contribution < 1.29 is 0 Å². The van der Waals surface area contributed by atoms with Gasteiger partial charge in [-0.3, -0.25) is 9.80 Å². The predicted octanol–water partition coefficient (Wildman–Crippen LogP) is 0.600. The number of likely N-dealkylation sites (tertiary alicyclic amines) is 1. The summed E-state index contributed by atoms with van der Waals surface area (Å²) in [5.41, 5.74) is 0. The average Bonchev–Trinajstić information content (AvgIpc) is 1.60. The maximum Gasteiger partial charge on any atom is 0.0588 e. The van der Waals surface area contributed by atoms with E-state index in [1.54, 1.807) is 0 Å². The molecular formula is C7H16N2. The van der Waals surface area contributed by atoms with Gasteiger partial charge in [-0.15, -0.1) is 0 Å². The van der Waals surface area contributed by atoms with E-state index in [-0.39, 0.29) is 0 Å². The van der Waals surface area contributed by atoms with Crippen molar-refractivity contribution in [2.45, 2.75) is 19.5 Å². The van der Waals surface area contributed by atoms with Crippen LogP contribution in [0, 0.1) is 0 Å². The van der Waals surface area contributed by atoms with E-state index in [0.717, 1.165) is 0 Å². The van der Waals surface area contributed by atoms with E-state index >= 15 is 0 Å². The van der Waals surface area contributed by atoms with Crippen LogP contribution in [0.5, 0.6) is 0 Å². The second-order valence-corrected chi connectivity index (χ2v) is 2.99. The summed E-state index contributed by atoms with van der Waals surface area (Å²) in [7, 11) is 4.26. The Hall–Kier alpha value is -0.0800. The second kappa shape index (κ2) is 2.67. The molecule has 0 amide bonds. The molecule has 0 aromatic rings. The maximum atomic E-state index is 2.47. The van der Waals surface area contributed by atoms with Gasteiger partial charge in [-0.25, -0.2) is 0 Å². The molecule has 0 radical (unpaired) electrons. The quantitative estimate of drug-likeness (QED) is 0.537. The third kappa shape index (κ3) is 1.43. The van der Waals surface area contributed by atoms with E-state index < -0.39 is 0 Å². The van der Waals surface area contributed by atoms with Crippen molar-refractivity contribution in [3.8, 4) is 0 Å². The van der Waals surface area contributed by atoms with Crippen molar-refractivity contribution in [1.82, 2.24) is 9.80 Å². The lowest BCUT2D eigenvalue weighted by atomic mass is 10.2. The van der Waals surface area contributed by atoms with Gasteiger partial charge in [0.1, 0.15) is 0 Å².